The van der Waals surface area contributed by atoms with E-state index in [1.165, 1.54) is 11.8 Å². The second-order valence-electron chi connectivity index (χ2n) is 9.30. The SMILES string of the molecule is CCCn1c(N2CC(C)CC(C)C2)c(/C=C2/SC(=S)N(C(C)C)C2=O)c(C)c(C#N)c1=O. The molecule has 1 aromatic rings. The van der Waals surface area contributed by atoms with Gasteiger partial charge in [-0.25, -0.2) is 0 Å². The average Bonchev–Trinajstić information content (AvgIpc) is 2.98. The fourth-order valence-corrected chi connectivity index (χ4v) is 6.31. The summed E-state index contributed by atoms with van der Waals surface area (Å²) in [7, 11) is 0. The molecule has 3 rings (SSSR count). The van der Waals surface area contributed by atoms with Crippen LogP contribution in [0.5, 0.6) is 0 Å². The van der Waals surface area contributed by atoms with Crippen molar-refractivity contribution in [2.24, 2.45) is 11.8 Å². The van der Waals surface area contributed by atoms with Gasteiger partial charge < -0.3 is 4.90 Å². The molecule has 172 valence electrons. The van der Waals surface area contributed by atoms with E-state index in [1.807, 2.05) is 33.8 Å². The zero-order chi connectivity index (χ0) is 23.7. The van der Waals surface area contributed by atoms with Crippen LogP contribution in [-0.2, 0) is 11.3 Å². The van der Waals surface area contributed by atoms with Crippen LogP contribution in [0.4, 0.5) is 5.82 Å². The minimum atomic E-state index is -0.250. The number of hydrogen-bond acceptors (Lipinski definition) is 6. The smallest absolute Gasteiger partial charge is 0.270 e. The van der Waals surface area contributed by atoms with Crippen LogP contribution in [-0.4, -0.2) is 38.8 Å². The third-order valence-corrected chi connectivity index (χ3v) is 7.41. The molecule has 0 bridgehead atoms. The second-order valence-corrected chi connectivity index (χ2v) is 11.0. The van der Waals surface area contributed by atoms with E-state index >= 15 is 0 Å². The summed E-state index contributed by atoms with van der Waals surface area (Å²) in [6.45, 7) is 14.4. The first-order valence-electron chi connectivity index (χ1n) is 11.3. The van der Waals surface area contributed by atoms with Gasteiger partial charge in [0.15, 0.2) is 0 Å². The number of thiocarbonyl (C=S) groups is 1. The highest BCUT2D eigenvalue weighted by Crippen LogP contribution is 2.38. The number of rotatable bonds is 5. The van der Waals surface area contributed by atoms with Gasteiger partial charge >= 0.3 is 0 Å². The molecule has 0 radical (unpaired) electrons. The van der Waals surface area contributed by atoms with E-state index in [0.717, 1.165) is 37.3 Å². The molecule has 1 amide bonds. The van der Waals surface area contributed by atoms with Gasteiger partial charge in [-0.2, -0.15) is 5.26 Å². The third-order valence-electron chi connectivity index (χ3n) is 6.08. The number of nitriles is 1. The van der Waals surface area contributed by atoms with E-state index in [2.05, 4.69) is 24.8 Å². The Kier molecular flexibility index (Phi) is 7.51. The molecular formula is C24H32N4O2S2. The van der Waals surface area contributed by atoms with Crippen molar-refractivity contribution in [2.75, 3.05) is 18.0 Å². The summed E-state index contributed by atoms with van der Waals surface area (Å²) in [4.78, 5) is 30.8. The van der Waals surface area contributed by atoms with Crippen LogP contribution < -0.4 is 10.5 Å². The number of anilines is 1. The predicted octanol–water partition coefficient (Wildman–Crippen LogP) is 4.53. The molecule has 2 aliphatic heterocycles. The van der Waals surface area contributed by atoms with Crippen molar-refractivity contribution in [1.82, 2.24) is 9.47 Å². The van der Waals surface area contributed by atoms with Crippen LogP contribution >= 0.6 is 24.0 Å². The Labute approximate surface area is 200 Å². The summed E-state index contributed by atoms with van der Waals surface area (Å²) >= 11 is 6.74. The number of thioether (sulfide) groups is 1. The van der Waals surface area contributed by atoms with Crippen molar-refractivity contribution in [3.63, 3.8) is 0 Å². The largest absolute Gasteiger partial charge is 0.357 e. The Morgan fingerprint density at radius 3 is 2.38 bits per heavy atom. The molecule has 32 heavy (non-hydrogen) atoms. The van der Waals surface area contributed by atoms with Crippen molar-refractivity contribution >= 4 is 46.1 Å². The predicted molar refractivity (Wildman–Crippen MR) is 136 cm³/mol. The average molecular weight is 473 g/mol. The highest BCUT2D eigenvalue weighted by Gasteiger charge is 2.35. The maximum absolute atomic E-state index is 13.3. The maximum Gasteiger partial charge on any atom is 0.270 e. The van der Waals surface area contributed by atoms with Gasteiger partial charge in [0.1, 0.15) is 21.8 Å². The van der Waals surface area contributed by atoms with Crippen LogP contribution in [0.2, 0.25) is 0 Å². The summed E-state index contributed by atoms with van der Waals surface area (Å²) < 4.78 is 2.28. The lowest BCUT2D eigenvalue weighted by Crippen LogP contribution is -2.43. The lowest BCUT2D eigenvalue weighted by molar-refractivity contribution is -0.123. The Bertz CT molecular complexity index is 1060. The summed E-state index contributed by atoms with van der Waals surface area (Å²) in [5.41, 5.74) is 1.30. The summed E-state index contributed by atoms with van der Waals surface area (Å²) in [5.74, 6) is 1.69. The van der Waals surface area contributed by atoms with Gasteiger partial charge in [0.25, 0.3) is 11.5 Å². The first kappa shape index (κ1) is 24.5. The van der Waals surface area contributed by atoms with Crippen molar-refractivity contribution in [3.05, 3.63) is 31.9 Å². The fraction of sp³-hybridized carbons (Fsp3) is 0.583. The molecule has 1 aromatic heterocycles. The number of pyridine rings is 1. The molecule has 2 fully saturated rings. The van der Waals surface area contributed by atoms with Gasteiger partial charge in [-0.15, -0.1) is 0 Å². The summed E-state index contributed by atoms with van der Waals surface area (Å²) in [6.07, 6.45) is 3.77. The lowest BCUT2D eigenvalue weighted by atomic mass is 9.91. The van der Waals surface area contributed by atoms with Gasteiger partial charge in [-0.3, -0.25) is 19.1 Å². The molecule has 2 unspecified atom stereocenters. The van der Waals surface area contributed by atoms with Crippen LogP contribution in [0.1, 0.15) is 64.2 Å². The van der Waals surface area contributed by atoms with Crippen molar-refractivity contribution < 1.29 is 4.79 Å². The quantitative estimate of drug-likeness (QED) is 0.463. The minimum Gasteiger partial charge on any atom is -0.357 e. The second kappa shape index (κ2) is 9.80. The number of aromatic nitrogens is 1. The van der Waals surface area contributed by atoms with Gasteiger partial charge in [-0.1, -0.05) is 44.8 Å². The standard InChI is InChI=1S/C24H32N4O2S2/c1-7-8-27-21(26-12-15(4)9-16(5)13-26)18(17(6)19(11-25)22(27)29)10-20-23(30)28(14(2)3)24(31)32-20/h10,14-16H,7-9,12-13H2,1-6H3/b20-10+. The Morgan fingerprint density at radius 2 is 1.88 bits per heavy atom. The number of amides is 1. The molecule has 2 saturated heterocycles. The van der Waals surface area contributed by atoms with E-state index in [0.29, 0.717) is 33.2 Å². The molecule has 3 heterocycles. The number of hydrogen-bond donors (Lipinski definition) is 0. The van der Waals surface area contributed by atoms with Crippen LogP contribution in [0.15, 0.2) is 9.70 Å². The maximum atomic E-state index is 13.3. The van der Waals surface area contributed by atoms with Crippen molar-refractivity contribution in [1.29, 1.82) is 5.26 Å². The fourth-order valence-electron chi connectivity index (χ4n) is 4.81. The molecule has 0 N–H and O–H groups in total. The zero-order valence-corrected chi connectivity index (χ0v) is 21.4. The Morgan fingerprint density at radius 1 is 1.25 bits per heavy atom. The van der Waals surface area contributed by atoms with E-state index in [4.69, 9.17) is 12.2 Å². The lowest BCUT2D eigenvalue weighted by Gasteiger charge is -2.39. The number of piperidine rings is 1. The number of carbonyl (C=O) groups excluding carboxylic acids is 1. The minimum absolute atomic E-state index is 0.0264. The van der Waals surface area contributed by atoms with Crippen LogP contribution in [0.3, 0.4) is 0 Å². The van der Waals surface area contributed by atoms with Gasteiger partial charge in [-0.05, 0) is 57.1 Å². The van der Waals surface area contributed by atoms with E-state index in [-0.39, 0.29) is 23.1 Å². The normalized spacial score (nSPS) is 22.9. The van der Waals surface area contributed by atoms with Crippen molar-refractivity contribution in [2.45, 2.75) is 67.0 Å². The van der Waals surface area contributed by atoms with E-state index in [9.17, 15) is 14.9 Å². The van der Waals surface area contributed by atoms with Gasteiger partial charge in [0, 0.05) is 31.2 Å². The van der Waals surface area contributed by atoms with Crippen molar-refractivity contribution in [3.8, 4) is 6.07 Å². The molecule has 0 saturated carbocycles. The zero-order valence-electron chi connectivity index (χ0n) is 19.8. The third kappa shape index (κ3) is 4.51. The molecule has 0 aliphatic carbocycles. The number of carbonyl (C=O) groups is 1. The highest BCUT2D eigenvalue weighted by atomic mass is 32.2. The molecule has 2 atom stereocenters. The molecular weight excluding hydrogens is 440 g/mol. The Hall–Kier alpha value is -2.11. The Balaban J connectivity index is 2.28. The van der Waals surface area contributed by atoms with Crippen LogP contribution in [0, 0.1) is 30.1 Å². The van der Waals surface area contributed by atoms with Gasteiger partial charge in [0.05, 0.1) is 4.91 Å². The van der Waals surface area contributed by atoms with Crippen LogP contribution in [0.25, 0.3) is 6.08 Å². The molecule has 2 aliphatic rings. The topological polar surface area (TPSA) is 69.3 Å². The monoisotopic (exact) mass is 472 g/mol. The summed E-state index contributed by atoms with van der Waals surface area (Å²) in [6, 6.07) is 2.09. The van der Waals surface area contributed by atoms with E-state index in [1.54, 1.807) is 9.47 Å². The first-order chi connectivity index (χ1) is 15.1. The molecule has 0 aromatic carbocycles. The van der Waals surface area contributed by atoms with Gasteiger partial charge in [0.2, 0.25) is 0 Å². The molecule has 0 spiro atoms. The highest BCUT2D eigenvalue weighted by molar-refractivity contribution is 8.26. The van der Waals surface area contributed by atoms with E-state index < -0.39 is 0 Å². The number of nitrogens with zero attached hydrogens (tertiary/aromatic N) is 4. The molecule has 6 nitrogen and oxygen atoms in total. The summed E-state index contributed by atoms with van der Waals surface area (Å²) in [5, 5.41) is 9.77. The molecule has 8 heteroatoms. The first-order valence-corrected chi connectivity index (χ1v) is 12.5.